The van der Waals surface area contributed by atoms with Crippen molar-refractivity contribution in [1.82, 2.24) is 0 Å². The predicted octanol–water partition coefficient (Wildman–Crippen LogP) is 3.79. The Morgan fingerprint density at radius 3 is 2.38 bits per heavy atom. The van der Waals surface area contributed by atoms with E-state index in [4.69, 9.17) is 0 Å². The maximum atomic E-state index is 11.4. The second-order valence-electron chi connectivity index (χ2n) is 5.18. The van der Waals surface area contributed by atoms with Crippen LogP contribution in [0.1, 0.15) is 15.9 Å². The first kappa shape index (κ1) is 15.6. The van der Waals surface area contributed by atoms with Crippen molar-refractivity contribution in [2.75, 3.05) is 7.11 Å². The van der Waals surface area contributed by atoms with Crippen LogP contribution in [-0.2, 0) is 4.74 Å². The maximum Gasteiger partial charge on any atom is 0.337 e. The molecular weight excluding hydrogens is 306 g/mol. The lowest BCUT2D eigenvalue weighted by molar-refractivity contribution is 0.0601. The summed E-state index contributed by atoms with van der Waals surface area (Å²) in [5, 5.41) is 21.5. The van der Waals surface area contributed by atoms with Gasteiger partial charge < -0.3 is 14.9 Å². The predicted molar refractivity (Wildman–Crippen MR) is 92.3 cm³/mol. The number of ether oxygens (including phenoxy) is 1. The van der Waals surface area contributed by atoms with E-state index in [0.717, 1.165) is 0 Å². The molecule has 120 valence electrons. The molecule has 24 heavy (non-hydrogen) atoms. The number of phenols is 2. The summed E-state index contributed by atoms with van der Waals surface area (Å²) < 4.78 is 4.64. The van der Waals surface area contributed by atoms with Crippen LogP contribution in [0.25, 0.3) is 10.8 Å². The van der Waals surface area contributed by atoms with Crippen LogP contribution in [0.15, 0.2) is 59.6 Å². The minimum Gasteiger partial charge on any atom is -0.507 e. The van der Waals surface area contributed by atoms with Crippen molar-refractivity contribution in [2.24, 2.45) is 4.99 Å². The number of fused-ring (bicyclic) bond motifs is 1. The lowest BCUT2D eigenvalue weighted by atomic mass is 10.0. The highest BCUT2D eigenvalue weighted by Gasteiger charge is 2.09. The van der Waals surface area contributed by atoms with Crippen LogP contribution in [0, 0.1) is 0 Å². The number of nitrogens with zero attached hydrogens (tertiary/aromatic N) is 1. The zero-order valence-electron chi connectivity index (χ0n) is 12.9. The summed E-state index contributed by atoms with van der Waals surface area (Å²) in [6, 6.07) is 15.0. The first-order valence-electron chi connectivity index (χ1n) is 7.26. The maximum absolute atomic E-state index is 11.4. The van der Waals surface area contributed by atoms with Crippen molar-refractivity contribution < 1.29 is 19.7 Å². The number of methoxy groups -OCH3 is 1. The Balaban J connectivity index is 1.93. The number of rotatable bonds is 3. The van der Waals surface area contributed by atoms with Crippen LogP contribution in [0.4, 0.5) is 5.69 Å². The summed E-state index contributed by atoms with van der Waals surface area (Å²) in [7, 11) is 1.32. The van der Waals surface area contributed by atoms with E-state index < -0.39 is 5.97 Å². The number of carbonyl (C=O) groups is 1. The van der Waals surface area contributed by atoms with Crippen molar-refractivity contribution >= 4 is 28.6 Å². The molecule has 0 spiro atoms. The van der Waals surface area contributed by atoms with Gasteiger partial charge in [0.2, 0.25) is 0 Å². The smallest absolute Gasteiger partial charge is 0.337 e. The number of aromatic hydroxyl groups is 2. The molecule has 0 unspecified atom stereocenters. The molecular formula is C19H15NO4. The van der Waals surface area contributed by atoms with Gasteiger partial charge in [0.25, 0.3) is 0 Å². The molecule has 0 aliphatic carbocycles. The summed E-state index contributed by atoms with van der Waals surface area (Å²) in [6.07, 6.45) is 1.47. The number of phenolic OH excluding ortho intramolecular Hbond substituents is 2. The van der Waals surface area contributed by atoms with Gasteiger partial charge in [-0.3, -0.25) is 4.99 Å². The molecule has 0 fully saturated rings. The highest BCUT2D eigenvalue weighted by atomic mass is 16.5. The van der Waals surface area contributed by atoms with E-state index in [-0.39, 0.29) is 11.5 Å². The normalized spacial score (nSPS) is 11.0. The third-order valence-electron chi connectivity index (χ3n) is 3.66. The molecule has 3 aromatic rings. The third kappa shape index (κ3) is 2.92. The van der Waals surface area contributed by atoms with Gasteiger partial charge >= 0.3 is 5.97 Å². The zero-order valence-corrected chi connectivity index (χ0v) is 12.9. The monoisotopic (exact) mass is 321 g/mol. The number of aliphatic imine (C=N–C) groups is 1. The highest BCUT2D eigenvalue weighted by molar-refractivity contribution is 6.00. The van der Waals surface area contributed by atoms with Crippen LogP contribution >= 0.6 is 0 Å². The van der Waals surface area contributed by atoms with Gasteiger partial charge in [-0.1, -0.05) is 24.3 Å². The summed E-state index contributed by atoms with van der Waals surface area (Å²) in [6.45, 7) is 0. The minimum atomic E-state index is -0.414. The van der Waals surface area contributed by atoms with E-state index in [1.807, 2.05) is 0 Å². The highest BCUT2D eigenvalue weighted by Crippen LogP contribution is 2.34. The van der Waals surface area contributed by atoms with E-state index in [9.17, 15) is 15.0 Å². The Morgan fingerprint density at radius 1 is 1.04 bits per heavy atom. The molecule has 0 saturated heterocycles. The first-order valence-corrected chi connectivity index (χ1v) is 7.26. The molecule has 0 radical (unpaired) electrons. The Labute approximate surface area is 138 Å². The van der Waals surface area contributed by atoms with E-state index >= 15 is 0 Å². The summed E-state index contributed by atoms with van der Waals surface area (Å²) in [5.74, 6) is -0.285. The lowest BCUT2D eigenvalue weighted by Gasteiger charge is -2.06. The Morgan fingerprint density at radius 2 is 1.71 bits per heavy atom. The molecule has 0 saturated carbocycles. The molecule has 0 heterocycles. The second kappa shape index (κ2) is 6.42. The topological polar surface area (TPSA) is 79.1 Å². The first-order chi connectivity index (χ1) is 11.6. The SMILES string of the molecule is COC(=O)c1ccc(N=Cc2cc(O)c3ccccc3c2O)cc1. The number of benzene rings is 3. The average molecular weight is 321 g/mol. The van der Waals surface area contributed by atoms with Gasteiger partial charge in [0.15, 0.2) is 0 Å². The third-order valence-corrected chi connectivity index (χ3v) is 3.66. The Kier molecular flexibility index (Phi) is 4.16. The quantitative estimate of drug-likeness (QED) is 0.437. The fraction of sp³-hybridized carbons (Fsp3) is 0.0526. The Hall–Kier alpha value is -3.34. The number of hydrogen-bond acceptors (Lipinski definition) is 5. The van der Waals surface area contributed by atoms with Gasteiger partial charge in [-0.15, -0.1) is 0 Å². The van der Waals surface area contributed by atoms with Crippen LogP contribution < -0.4 is 0 Å². The molecule has 3 rings (SSSR count). The van der Waals surface area contributed by atoms with Gasteiger partial charge in [0.1, 0.15) is 11.5 Å². The van der Waals surface area contributed by atoms with Crippen LogP contribution in [-0.4, -0.2) is 29.5 Å². The van der Waals surface area contributed by atoms with Crippen molar-refractivity contribution in [3.63, 3.8) is 0 Å². The molecule has 0 aliphatic heterocycles. The molecule has 0 aromatic heterocycles. The van der Waals surface area contributed by atoms with Crippen LogP contribution in [0.5, 0.6) is 11.5 Å². The van der Waals surface area contributed by atoms with E-state index in [0.29, 0.717) is 27.6 Å². The zero-order chi connectivity index (χ0) is 17.1. The lowest BCUT2D eigenvalue weighted by Crippen LogP contribution is -1.99. The second-order valence-corrected chi connectivity index (χ2v) is 5.18. The molecule has 2 N–H and O–H groups in total. The fourth-order valence-corrected chi connectivity index (χ4v) is 2.41. The van der Waals surface area contributed by atoms with Crippen LogP contribution in [0.3, 0.4) is 0 Å². The van der Waals surface area contributed by atoms with E-state index in [1.165, 1.54) is 19.4 Å². The van der Waals surface area contributed by atoms with E-state index in [1.54, 1.807) is 48.5 Å². The van der Waals surface area contributed by atoms with Gasteiger partial charge in [-0.05, 0) is 30.3 Å². The van der Waals surface area contributed by atoms with Crippen molar-refractivity contribution in [3.05, 3.63) is 65.7 Å². The minimum absolute atomic E-state index is 0.0540. The van der Waals surface area contributed by atoms with Crippen molar-refractivity contribution in [1.29, 1.82) is 0 Å². The van der Waals surface area contributed by atoms with Gasteiger partial charge in [0, 0.05) is 22.6 Å². The van der Waals surface area contributed by atoms with E-state index in [2.05, 4.69) is 9.73 Å². The summed E-state index contributed by atoms with van der Waals surface area (Å²) in [4.78, 5) is 15.7. The van der Waals surface area contributed by atoms with Crippen molar-refractivity contribution in [2.45, 2.75) is 0 Å². The molecule has 3 aromatic carbocycles. The van der Waals surface area contributed by atoms with Crippen LogP contribution in [0.2, 0.25) is 0 Å². The summed E-state index contributed by atoms with van der Waals surface area (Å²) >= 11 is 0. The standard InChI is InChI=1S/C19H15NO4/c1-24-19(23)12-6-8-14(9-7-12)20-11-13-10-17(21)15-4-2-3-5-16(15)18(13)22/h2-11,21-22H,1H3. The largest absolute Gasteiger partial charge is 0.507 e. The average Bonchev–Trinajstić information content (AvgIpc) is 2.63. The van der Waals surface area contributed by atoms with Gasteiger partial charge in [-0.2, -0.15) is 0 Å². The molecule has 0 atom stereocenters. The number of carbonyl (C=O) groups excluding carboxylic acids is 1. The van der Waals surface area contributed by atoms with Gasteiger partial charge in [0.05, 0.1) is 18.4 Å². The molecule has 0 amide bonds. The van der Waals surface area contributed by atoms with Gasteiger partial charge in [-0.25, -0.2) is 4.79 Å². The molecule has 0 bridgehead atoms. The Bertz CT molecular complexity index is 930. The molecule has 0 aliphatic rings. The van der Waals surface area contributed by atoms with Crippen molar-refractivity contribution in [3.8, 4) is 11.5 Å². The molecule has 5 nitrogen and oxygen atoms in total. The summed E-state index contributed by atoms with van der Waals surface area (Å²) in [5.41, 5.74) is 1.44. The fourth-order valence-electron chi connectivity index (χ4n) is 2.41. The number of esters is 1. The molecule has 5 heteroatoms. The number of hydrogen-bond donors (Lipinski definition) is 2.